The van der Waals surface area contributed by atoms with Gasteiger partial charge in [-0.05, 0) is 32.6 Å². The zero-order chi connectivity index (χ0) is 8.27. The number of carbonyl (C=O) groups is 1. The molecule has 0 bridgehead atoms. The van der Waals surface area contributed by atoms with Gasteiger partial charge < -0.3 is 9.53 Å². The topological polar surface area (TPSA) is 26.3 Å². The molecule has 0 aliphatic heterocycles. The third-order valence-corrected chi connectivity index (χ3v) is 2.17. The van der Waals surface area contributed by atoms with Gasteiger partial charge in [-0.2, -0.15) is 0 Å². The van der Waals surface area contributed by atoms with E-state index in [2.05, 4.69) is 0 Å². The summed E-state index contributed by atoms with van der Waals surface area (Å²) in [5, 5.41) is 0. The molecule has 64 valence electrons. The molecule has 0 atom stereocenters. The predicted octanol–water partition coefficient (Wildman–Crippen LogP) is 1.78. The van der Waals surface area contributed by atoms with Crippen LogP contribution in [0.1, 0.15) is 33.1 Å². The number of hydrogen-bond donors (Lipinski definition) is 0. The summed E-state index contributed by atoms with van der Waals surface area (Å²) >= 11 is 0. The van der Waals surface area contributed by atoms with Crippen LogP contribution in [0.2, 0.25) is 0 Å². The lowest BCUT2D eigenvalue weighted by atomic mass is 9.79. The first-order valence-corrected chi connectivity index (χ1v) is 4.33. The minimum absolute atomic E-state index is 0.310. The second-order valence-electron chi connectivity index (χ2n) is 3.32. The lowest BCUT2D eigenvalue weighted by Gasteiger charge is -2.34. The van der Waals surface area contributed by atoms with Crippen LogP contribution < -0.4 is 0 Å². The molecule has 0 spiro atoms. The Balaban J connectivity index is 2.04. The highest BCUT2D eigenvalue weighted by Gasteiger charge is 2.29. The molecule has 0 heterocycles. The number of hydrogen-bond acceptors (Lipinski definition) is 2. The van der Waals surface area contributed by atoms with Gasteiger partial charge in [-0.3, -0.25) is 0 Å². The molecule has 1 aliphatic rings. The molecule has 0 aromatic rings. The predicted molar refractivity (Wildman–Crippen MR) is 43.4 cm³/mol. The molecule has 1 rings (SSSR count). The highest BCUT2D eigenvalue weighted by molar-refractivity contribution is 5.75. The SMILES string of the molecule is CCOC1CC(CC(C)=O)C1. The Morgan fingerprint density at radius 1 is 1.55 bits per heavy atom. The molecule has 0 N–H and O–H groups in total. The van der Waals surface area contributed by atoms with Crippen molar-refractivity contribution >= 4 is 5.78 Å². The Labute approximate surface area is 67.9 Å². The summed E-state index contributed by atoms with van der Waals surface area (Å²) < 4.78 is 5.38. The van der Waals surface area contributed by atoms with Gasteiger partial charge in [0.25, 0.3) is 0 Å². The summed E-state index contributed by atoms with van der Waals surface area (Å²) in [6, 6.07) is 0. The third kappa shape index (κ3) is 2.62. The van der Waals surface area contributed by atoms with Crippen LogP contribution in [0, 0.1) is 5.92 Å². The third-order valence-electron chi connectivity index (χ3n) is 2.17. The molecular weight excluding hydrogens is 140 g/mol. The molecule has 0 unspecified atom stereocenters. The van der Waals surface area contributed by atoms with Crippen LogP contribution in [0.15, 0.2) is 0 Å². The van der Waals surface area contributed by atoms with Gasteiger partial charge in [0.15, 0.2) is 0 Å². The van der Waals surface area contributed by atoms with E-state index in [-0.39, 0.29) is 0 Å². The summed E-state index contributed by atoms with van der Waals surface area (Å²) in [7, 11) is 0. The van der Waals surface area contributed by atoms with Crippen molar-refractivity contribution in [2.45, 2.75) is 39.2 Å². The van der Waals surface area contributed by atoms with Crippen LogP contribution in [0.3, 0.4) is 0 Å². The van der Waals surface area contributed by atoms with Crippen molar-refractivity contribution in [2.75, 3.05) is 6.61 Å². The lowest BCUT2D eigenvalue weighted by molar-refractivity contribution is -0.120. The van der Waals surface area contributed by atoms with E-state index < -0.39 is 0 Å². The second-order valence-corrected chi connectivity index (χ2v) is 3.32. The summed E-state index contributed by atoms with van der Waals surface area (Å²) in [6.07, 6.45) is 3.38. The van der Waals surface area contributed by atoms with Gasteiger partial charge in [0.2, 0.25) is 0 Å². The minimum Gasteiger partial charge on any atom is -0.378 e. The summed E-state index contributed by atoms with van der Waals surface area (Å²) in [6.45, 7) is 4.48. The number of Topliss-reactive ketones (excluding diaryl/α,β-unsaturated/α-hetero) is 1. The van der Waals surface area contributed by atoms with Crippen molar-refractivity contribution in [1.82, 2.24) is 0 Å². The first kappa shape index (κ1) is 8.72. The van der Waals surface area contributed by atoms with Crippen molar-refractivity contribution < 1.29 is 9.53 Å². The zero-order valence-corrected chi connectivity index (χ0v) is 7.30. The van der Waals surface area contributed by atoms with Gasteiger partial charge >= 0.3 is 0 Å². The van der Waals surface area contributed by atoms with Crippen molar-refractivity contribution in [1.29, 1.82) is 0 Å². The Hall–Kier alpha value is -0.370. The number of ether oxygens (including phenoxy) is 1. The maximum Gasteiger partial charge on any atom is 0.130 e. The highest BCUT2D eigenvalue weighted by Crippen LogP contribution is 2.32. The van der Waals surface area contributed by atoms with Crippen LogP contribution in [0.25, 0.3) is 0 Å². The van der Waals surface area contributed by atoms with Gasteiger partial charge in [-0.15, -0.1) is 0 Å². The zero-order valence-electron chi connectivity index (χ0n) is 7.30. The minimum atomic E-state index is 0.310. The Bertz CT molecular complexity index is 136. The van der Waals surface area contributed by atoms with Gasteiger partial charge in [-0.25, -0.2) is 0 Å². The van der Waals surface area contributed by atoms with Crippen LogP contribution in [-0.2, 0) is 9.53 Å². The van der Waals surface area contributed by atoms with E-state index in [0.717, 1.165) is 25.9 Å². The average Bonchev–Trinajstić information content (AvgIpc) is 1.82. The van der Waals surface area contributed by atoms with E-state index >= 15 is 0 Å². The molecule has 0 amide bonds. The average molecular weight is 156 g/mol. The summed E-state index contributed by atoms with van der Waals surface area (Å²) in [4.78, 5) is 10.7. The molecule has 0 aromatic heterocycles. The fourth-order valence-electron chi connectivity index (χ4n) is 1.62. The van der Waals surface area contributed by atoms with E-state index in [1.54, 1.807) is 6.92 Å². The molecule has 0 saturated heterocycles. The number of ketones is 1. The van der Waals surface area contributed by atoms with Crippen LogP contribution in [-0.4, -0.2) is 18.5 Å². The van der Waals surface area contributed by atoms with E-state index in [9.17, 15) is 4.79 Å². The van der Waals surface area contributed by atoms with E-state index in [1.165, 1.54) is 0 Å². The van der Waals surface area contributed by atoms with Crippen molar-refractivity contribution in [3.05, 3.63) is 0 Å². The van der Waals surface area contributed by atoms with Gasteiger partial charge in [0, 0.05) is 13.0 Å². The highest BCUT2D eigenvalue weighted by atomic mass is 16.5. The maximum atomic E-state index is 10.7. The summed E-state index contributed by atoms with van der Waals surface area (Å²) in [5.41, 5.74) is 0. The fraction of sp³-hybridized carbons (Fsp3) is 0.889. The molecule has 1 aliphatic carbocycles. The van der Waals surface area contributed by atoms with Crippen LogP contribution >= 0.6 is 0 Å². The van der Waals surface area contributed by atoms with Crippen molar-refractivity contribution in [3.63, 3.8) is 0 Å². The first-order valence-electron chi connectivity index (χ1n) is 4.33. The Morgan fingerprint density at radius 2 is 2.18 bits per heavy atom. The molecular formula is C9H16O2. The summed E-state index contributed by atoms with van der Waals surface area (Å²) in [5.74, 6) is 0.925. The quantitative estimate of drug-likeness (QED) is 0.620. The molecule has 2 heteroatoms. The Morgan fingerprint density at radius 3 is 2.64 bits per heavy atom. The van der Waals surface area contributed by atoms with Crippen molar-refractivity contribution in [3.8, 4) is 0 Å². The van der Waals surface area contributed by atoms with E-state index in [1.807, 2.05) is 6.92 Å². The second kappa shape index (κ2) is 3.86. The van der Waals surface area contributed by atoms with E-state index in [0.29, 0.717) is 17.8 Å². The molecule has 0 aromatic carbocycles. The monoisotopic (exact) mass is 156 g/mol. The molecule has 1 saturated carbocycles. The largest absolute Gasteiger partial charge is 0.378 e. The van der Waals surface area contributed by atoms with Gasteiger partial charge in [0.05, 0.1) is 6.10 Å². The van der Waals surface area contributed by atoms with Crippen molar-refractivity contribution in [2.24, 2.45) is 5.92 Å². The lowest BCUT2D eigenvalue weighted by Crippen LogP contribution is -2.32. The number of rotatable bonds is 4. The molecule has 2 nitrogen and oxygen atoms in total. The van der Waals surface area contributed by atoms with E-state index in [4.69, 9.17) is 4.74 Å². The normalized spacial score (nSPS) is 29.6. The van der Waals surface area contributed by atoms with Gasteiger partial charge in [0.1, 0.15) is 5.78 Å². The maximum absolute atomic E-state index is 10.7. The molecule has 11 heavy (non-hydrogen) atoms. The Kier molecular flexibility index (Phi) is 3.06. The standard InChI is InChI=1S/C9H16O2/c1-3-11-9-5-8(6-9)4-7(2)10/h8-9H,3-6H2,1-2H3. The molecule has 1 fully saturated rings. The smallest absolute Gasteiger partial charge is 0.130 e. The molecule has 0 radical (unpaired) electrons. The number of carbonyl (C=O) groups excluding carboxylic acids is 1. The van der Waals surface area contributed by atoms with Crippen LogP contribution in [0.4, 0.5) is 0 Å². The van der Waals surface area contributed by atoms with Crippen LogP contribution in [0.5, 0.6) is 0 Å². The fourth-order valence-corrected chi connectivity index (χ4v) is 1.62. The van der Waals surface area contributed by atoms with Gasteiger partial charge in [-0.1, -0.05) is 0 Å². The first-order chi connectivity index (χ1) is 5.22.